The molecular weight excluding hydrogens is 484 g/mol. The van der Waals surface area contributed by atoms with Gasteiger partial charge in [0.2, 0.25) is 5.91 Å². The molecule has 2 saturated carbocycles. The third-order valence-electron chi connectivity index (χ3n) is 8.82. The first-order valence-electron chi connectivity index (χ1n) is 13.5. The molecule has 38 heavy (non-hydrogen) atoms. The van der Waals surface area contributed by atoms with Gasteiger partial charge < -0.3 is 4.90 Å². The van der Waals surface area contributed by atoms with Crippen LogP contribution in [0.25, 0.3) is 21.9 Å². The number of nitrogens with zero attached hydrogens (tertiary/aromatic N) is 3. The van der Waals surface area contributed by atoms with Crippen LogP contribution in [0.2, 0.25) is 0 Å². The number of likely N-dealkylation sites (tertiary alicyclic amines) is 1. The minimum absolute atomic E-state index is 0.0448. The molecule has 0 bridgehead atoms. The summed E-state index contributed by atoms with van der Waals surface area (Å²) in [6.45, 7) is 3.81. The topological polar surface area (TPSA) is 53.0 Å². The summed E-state index contributed by atoms with van der Waals surface area (Å²) in [4.78, 5) is 34.6. The van der Waals surface area contributed by atoms with Crippen molar-refractivity contribution in [3.63, 3.8) is 0 Å². The van der Waals surface area contributed by atoms with Crippen LogP contribution in [0.3, 0.4) is 0 Å². The number of fused-ring (bicyclic) bond motifs is 1. The fourth-order valence-corrected chi connectivity index (χ4v) is 5.96. The Labute approximate surface area is 220 Å². The van der Waals surface area contributed by atoms with Crippen LogP contribution < -0.4 is 0 Å². The molecule has 3 fully saturated rings. The van der Waals surface area contributed by atoms with Crippen molar-refractivity contribution in [3.8, 4) is 11.1 Å². The maximum Gasteiger partial charge on any atom is 0.256 e. The summed E-state index contributed by atoms with van der Waals surface area (Å²) in [5.74, 6) is 0.0106. The van der Waals surface area contributed by atoms with Crippen LogP contribution in [0, 0.1) is 23.0 Å². The first-order valence-corrected chi connectivity index (χ1v) is 13.5. The van der Waals surface area contributed by atoms with Crippen LogP contribution in [-0.4, -0.2) is 52.6 Å². The minimum Gasteiger partial charge on any atom is -0.342 e. The molecule has 3 aromatic carbocycles. The highest BCUT2D eigenvalue weighted by Crippen LogP contribution is 2.48. The van der Waals surface area contributed by atoms with Gasteiger partial charge in [0.15, 0.2) is 0 Å². The second-order valence-electron chi connectivity index (χ2n) is 11.8. The molecule has 0 aromatic heterocycles. The van der Waals surface area contributed by atoms with E-state index in [2.05, 4.69) is 0 Å². The van der Waals surface area contributed by atoms with E-state index < -0.39 is 11.4 Å². The monoisotopic (exact) mass is 513 g/mol. The predicted octanol–water partition coefficient (Wildman–Crippen LogP) is 5.56. The zero-order valence-electron chi connectivity index (χ0n) is 21.3. The van der Waals surface area contributed by atoms with Crippen molar-refractivity contribution in [1.29, 1.82) is 0 Å². The number of benzene rings is 3. The quantitative estimate of drug-likeness (QED) is 0.449. The number of amides is 2. The lowest BCUT2D eigenvalue weighted by Gasteiger charge is -2.24. The highest BCUT2D eigenvalue weighted by atomic mass is 19.1. The average molecular weight is 514 g/mol. The Kier molecular flexibility index (Phi) is 5.07. The normalized spacial score (nSPS) is 22.9. The first kappa shape index (κ1) is 23.5. The van der Waals surface area contributed by atoms with Gasteiger partial charge in [0.25, 0.3) is 5.91 Å². The fraction of sp³-hybridized carbons (Fsp3) is 0.387. The van der Waals surface area contributed by atoms with E-state index in [4.69, 9.17) is 4.99 Å². The molecule has 7 rings (SSSR count). The lowest BCUT2D eigenvalue weighted by Crippen LogP contribution is -2.41. The van der Waals surface area contributed by atoms with Gasteiger partial charge in [-0.05, 0) is 90.3 Å². The molecule has 7 heteroatoms. The zero-order chi connectivity index (χ0) is 26.2. The van der Waals surface area contributed by atoms with Gasteiger partial charge >= 0.3 is 0 Å². The zero-order valence-corrected chi connectivity index (χ0v) is 21.3. The van der Waals surface area contributed by atoms with Gasteiger partial charge in [0.05, 0.1) is 5.56 Å². The second-order valence-corrected chi connectivity index (χ2v) is 11.8. The van der Waals surface area contributed by atoms with Crippen molar-refractivity contribution in [3.05, 3.63) is 71.8 Å². The predicted molar refractivity (Wildman–Crippen MR) is 142 cm³/mol. The maximum atomic E-state index is 15.6. The van der Waals surface area contributed by atoms with Crippen molar-refractivity contribution >= 4 is 28.4 Å². The van der Waals surface area contributed by atoms with Gasteiger partial charge in [0.1, 0.15) is 23.0 Å². The molecule has 4 aliphatic rings. The number of hydrogen-bond acceptors (Lipinski definition) is 3. The van der Waals surface area contributed by atoms with Crippen LogP contribution in [0.4, 0.5) is 8.78 Å². The first-order chi connectivity index (χ1) is 18.2. The third kappa shape index (κ3) is 3.82. The molecule has 3 aromatic rings. The standard InChI is InChI=1S/C31H29F2N3O2/c1-30(9-10-30)28(37)35-13-8-19(17-35)18-36-27(34-31(11-12-31)29(36)38)25-7-5-23(16-26(25)33)20-2-3-22-15-24(32)6-4-21(22)14-20/h2-7,14-16,19H,8-13,17-18H2,1H3. The molecule has 1 saturated heterocycles. The number of halogens is 2. The highest BCUT2D eigenvalue weighted by Gasteiger charge is 2.58. The van der Waals surface area contributed by atoms with Crippen molar-refractivity contribution in [2.45, 2.75) is 44.6 Å². The molecule has 0 radical (unpaired) electrons. The van der Waals surface area contributed by atoms with Crippen LogP contribution >= 0.6 is 0 Å². The van der Waals surface area contributed by atoms with E-state index in [1.807, 2.05) is 36.1 Å². The number of carbonyl (C=O) groups is 2. The van der Waals surface area contributed by atoms with E-state index in [-0.39, 0.29) is 29.0 Å². The van der Waals surface area contributed by atoms with Gasteiger partial charge in [-0.3, -0.25) is 19.5 Å². The number of aliphatic imine (C=N–C) groups is 1. The van der Waals surface area contributed by atoms with Crippen molar-refractivity contribution in [1.82, 2.24) is 9.80 Å². The molecule has 194 valence electrons. The van der Waals surface area contributed by atoms with Gasteiger partial charge in [-0.2, -0.15) is 0 Å². The van der Waals surface area contributed by atoms with Gasteiger partial charge in [-0.1, -0.05) is 31.2 Å². The van der Waals surface area contributed by atoms with Crippen LogP contribution in [0.1, 0.15) is 44.6 Å². The molecule has 2 heterocycles. The Hall–Kier alpha value is -3.61. The molecule has 2 amide bonds. The van der Waals surface area contributed by atoms with E-state index >= 15 is 4.39 Å². The molecule has 5 nitrogen and oxygen atoms in total. The third-order valence-corrected chi connectivity index (χ3v) is 8.82. The van der Waals surface area contributed by atoms with E-state index in [0.29, 0.717) is 49.4 Å². The van der Waals surface area contributed by atoms with E-state index in [1.165, 1.54) is 18.2 Å². The fourth-order valence-electron chi connectivity index (χ4n) is 5.96. The molecule has 1 unspecified atom stereocenters. The number of hydrogen-bond donors (Lipinski definition) is 0. The Bertz CT molecular complexity index is 1540. The Morgan fingerprint density at radius 3 is 2.42 bits per heavy atom. The van der Waals surface area contributed by atoms with Gasteiger partial charge in [-0.15, -0.1) is 0 Å². The summed E-state index contributed by atoms with van der Waals surface area (Å²) in [6.07, 6.45) is 4.11. The van der Waals surface area contributed by atoms with Crippen molar-refractivity contribution < 1.29 is 18.4 Å². The number of carbonyl (C=O) groups excluding carboxylic acids is 2. The van der Waals surface area contributed by atoms with Crippen LogP contribution in [0.15, 0.2) is 59.6 Å². The van der Waals surface area contributed by atoms with Crippen molar-refractivity contribution in [2.75, 3.05) is 19.6 Å². The molecule has 1 spiro atoms. The number of rotatable bonds is 5. The summed E-state index contributed by atoms with van der Waals surface area (Å²) in [5.41, 5.74) is 0.923. The SMILES string of the molecule is CC1(C(=O)N2CCC(CN3C(=O)C4(CC4)N=C3c3ccc(-c4ccc5cc(F)ccc5c4)cc3F)C2)CC1. The molecule has 1 atom stereocenters. The van der Waals surface area contributed by atoms with Crippen molar-refractivity contribution in [2.24, 2.45) is 16.3 Å². The molecule has 2 aliphatic heterocycles. The Balaban J connectivity index is 1.14. The highest BCUT2D eigenvalue weighted by molar-refractivity contribution is 6.16. The number of amidine groups is 1. The summed E-state index contributed by atoms with van der Waals surface area (Å²) in [6, 6.07) is 15.2. The van der Waals surface area contributed by atoms with Gasteiger partial charge in [-0.25, -0.2) is 8.78 Å². The maximum absolute atomic E-state index is 15.6. The lowest BCUT2D eigenvalue weighted by atomic mass is 9.99. The Morgan fingerprint density at radius 1 is 0.974 bits per heavy atom. The van der Waals surface area contributed by atoms with Crippen LogP contribution in [-0.2, 0) is 9.59 Å². The second kappa shape index (κ2) is 8.19. The lowest BCUT2D eigenvalue weighted by molar-refractivity contribution is -0.135. The molecule has 0 N–H and O–H groups in total. The molecular formula is C31H29F2N3O2. The summed E-state index contributed by atoms with van der Waals surface area (Å²) < 4.78 is 29.2. The van der Waals surface area contributed by atoms with Gasteiger partial charge in [0, 0.05) is 25.0 Å². The van der Waals surface area contributed by atoms with E-state index in [0.717, 1.165) is 35.6 Å². The van der Waals surface area contributed by atoms with Crippen LogP contribution in [0.5, 0.6) is 0 Å². The largest absolute Gasteiger partial charge is 0.342 e. The smallest absolute Gasteiger partial charge is 0.256 e. The summed E-state index contributed by atoms with van der Waals surface area (Å²) in [5, 5.41) is 1.66. The van der Waals surface area contributed by atoms with E-state index in [1.54, 1.807) is 17.0 Å². The van der Waals surface area contributed by atoms with E-state index in [9.17, 15) is 14.0 Å². The average Bonchev–Trinajstić information content (AvgIpc) is 3.79. The summed E-state index contributed by atoms with van der Waals surface area (Å²) >= 11 is 0. The molecule has 2 aliphatic carbocycles. The summed E-state index contributed by atoms with van der Waals surface area (Å²) in [7, 11) is 0. The Morgan fingerprint density at radius 2 is 1.68 bits per heavy atom. The minimum atomic E-state index is -0.732.